The summed E-state index contributed by atoms with van der Waals surface area (Å²) in [6.07, 6.45) is 0. The Kier molecular flexibility index (Phi) is 3.75. The summed E-state index contributed by atoms with van der Waals surface area (Å²) in [4.78, 5) is 18.5. The number of sulfonamides is 1. The van der Waals surface area contributed by atoms with E-state index in [9.17, 15) is 13.2 Å². The van der Waals surface area contributed by atoms with Crippen molar-refractivity contribution >= 4 is 32.5 Å². The number of nitrogens with one attached hydrogen (secondary N) is 2. The fourth-order valence-electron chi connectivity index (χ4n) is 2.17. The van der Waals surface area contributed by atoms with E-state index in [-0.39, 0.29) is 22.9 Å². The predicted octanol–water partition coefficient (Wildman–Crippen LogP) is 1.71. The largest absolute Gasteiger partial charge is 0.417 e. The maximum atomic E-state index is 12.4. The van der Waals surface area contributed by atoms with E-state index < -0.39 is 15.8 Å². The normalized spacial score (nSPS) is 12.0. The van der Waals surface area contributed by atoms with Crippen molar-refractivity contribution in [3.63, 3.8) is 0 Å². The van der Waals surface area contributed by atoms with Crippen LogP contribution in [0.4, 0.5) is 0 Å². The fraction of sp³-hybridized carbons (Fsp3) is 0.0714. The lowest BCUT2D eigenvalue weighted by molar-refractivity contribution is 0.376. The first-order valence-corrected chi connectivity index (χ1v) is 9.36. The van der Waals surface area contributed by atoms with E-state index in [1.807, 2.05) is 17.5 Å². The highest BCUT2D eigenvalue weighted by Gasteiger charge is 2.18. The van der Waals surface area contributed by atoms with Crippen molar-refractivity contribution in [3.8, 4) is 10.7 Å². The van der Waals surface area contributed by atoms with Gasteiger partial charge in [0, 0.05) is 6.07 Å². The number of nitrogens with zero attached hydrogens (tertiary/aromatic N) is 2. The second kappa shape index (κ2) is 5.95. The number of thiophene rings is 1. The molecule has 128 valence electrons. The number of rotatable bonds is 5. The molecule has 4 rings (SSSR count). The zero-order valence-electron chi connectivity index (χ0n) is 12.4. The maximum Gasteiger partial charge on any atom is 0.417 e. The van der Waals surface area contributed by atoms with Crippen LogP contribution in [0.3, 0.4) is 0 Å². The summed E-state index contributed by atoms with van der Waals surface area (Å²) in [6, 6.07) is 7.77. The second-order valence-corrected chi connectivity index (χ2v) is 7.70. The predicted molar refractivity (Wildman–Crippen MR) is 88.5 cm³/mol. The number of aromatic amines is 1. The maximum absolute atomic E-state index is 12.4. The minimum absolute atomic E-state index is 0.0410. The summed E-state index contributed by atoms with van der Waals surface area (Å²) in [5.41, 5.74) is 0.576. The lowest BCUT2D eigenvalue weighted by Gasteiger charge is -2.04. The van der Waals surface area contributed by atoms with E-state index in [4.69, 9.17) is 8.94 Å². The van der Waals surface area contributed by atoms with E-state index >= 15 is 0 Å². The van der Waals surface area contributed by atoms with Gasteiger partial charge in [0.15, 0.2) is 5.58 Å². The van der Waals surface area contributed by atoms with Crippen molar-refractivity contribution in [2.45, 2.75) is 11.4 Å². The van der Waals surface area contributed by atoms with Crippen molar-refractivity contribution in [2.24, 2.45) is 0 Å². The summed E-state index contributed by atoms with van der Waals surface area (Å²) in [7, 11) is -3.84. The Labute approximate surface area is 144 Å². The number of H-pyrrole nitrogens is 1. The third-order valence-electron chi connectivity index (χ3n) is 3.33. The van der Waals surface area contributed by atoms with Crippen LogP contribution in [0.5, 0.6) is 0 Å². The first-order chi connectivity index (χ1) is 12.0. The van der Waals surface area contributed by atoms with E-state index in [0.29, 0.717) is 11.3 Å². The van der Waals surface area contributed by atoms with Gasteiger partial charge in [-0.25, -0.2) is 17.9 Å². The zero-order chi connectivity index (χ0) is 17.4. The second-order valence-electron chi connectivity index (χ2n) is 4.99. The summed E-state index contributed by atoms with van der Waals surface area (Å²) < 4.78 is 37.0. The summed E-state index contributed by atoms with van der Waals surface area (Å²) in [5, 5.41) is 5.69. The van der Waals surface area contributed by atoms with Crippen molar-refractivity contribution in [1.82, 2.24) is 19.8 Å². The van der Waals surface area contributed by atoms with Crippen molar-refractivity contribution in [3.05, 3.63) is 52.2 Å². The monoisotopic (exact) mass is 378 g/mol. The Morgan fingerprint density at radius 3 is 2.96 bits per heavy atom. The number of aromatic nitrogens is 3. The molecule has 0 bridgehead atoms. The van der Waals surface area contributed by atoms with E-state index in [1.165, 1.54) is 29.5 Å². The summed E-state index contributed by atoms with van der Waals surface area (Å²) >= 11 is 1.45. The summed E-state index contributed by atoms with van der Waals surface area (Å²) in [6.45, 7) is -0.157. The molecule has 0 unspecified atom stereocenters. The van der Waals surface area contributed by atoms with Gasteiger partial charge < -0.3 is 8.94 Å². The molecule has 0 fully saturated rings. The first kappa shape index (κ1) is 15.7. The standard InChI is InChI=1S/C14H10N4O5S2/c19-14-16-9-4-3-8(6-10(9)22-14)25(20,21)15-7-12-17-13(18-23-12)11-2-1-5-24-11/h1-6,15H,7H2,(H,16,19). The molecule has 1 aromatic carbocycles. The van der Waals surface area contributed by atoms with E-state index in [1.54, 1.807) is 0 Å². The van der Waals surface area contributed by atoms with Crippen LogP contribution in [0, 0.1) is 0 Å². The molecule has 4 aromatic rings. The molecular weight excluding hydrogens is 368 g/mol. The molecule has 0 aliphatic rings. The van der Waals surface area contributed by atoms with Gasteiger partial charge in [-0.2, -0.15) is 4.98 Å². The van der Waals surface area contributed by atoms with Gasteiger partial charge in [0.25, 0.3) is 0 Å². The van der Waals surface area contributed by atoms with Crippen LogP contribution in [0.15, 0.2) is 54.3 Å². The van der Waals surface area contributed by atoms with Gasteiger partial charge in [0.1, 0.15) is 0 Å². The highest BCUT2D eigenvalue weighted by Crippen LogP contribution is 2.21. The SMILES string of the molecule is O=c1[nH]c2ccc(S(=O)(=O)NCc3nc(-c4cccs4)no3)cc2o1. The van der Waals surface area contributed by atoms with Crippen LogP contribution in [-0.4, -0.2) is 23.5 Å². The smallest absolute Gasteiger partial charge is 0.408 e. The van der Waals surface area contributed by atoms with Crippen LogP contribution in [0.25, 0.3) is 21.8 Å². The average molecular weight is 378 g/mol. The van der Waals surface area contributed by atoms with Crippen LogP contribution in [0.1, 0.15) is 5.89 Å². The van der Waals surface area contributed by atoms with Crippen molar-refractivity contribution in [2.75, 3.05) is 0 Å². The van der Waals surface area contributed by atoms with Gasteiger partial charge in [-0.3, -0.25) is 4.98 Å². The molecule has 0 aliphatic heterocycles. The topological polar surface area (TPSA) is 131 Å². The Morgan fingerprint density at radius 2 is 2.16 bits per heavy atom. The fourth-order valence-corrected chi connectivity index (χ4v) is 3.80. The van der Waals surface area contributed by atoms with Crippen LogP contribution >= 0.6 is 11.3 Å². The van der Waals surface area contributed by atoms with Gasteiger partial charge in [-0.1, -0.05) is 11.2 Å². The number of benzene rings is 1. The molecule has 3 aromatic heterocycles. The van der Waals surface area contributed by atoms with Gasteiger partial charge >= 0.3 is 5.76 Å². The molecule has 0 spiro atoms. The molecule has 0 amide bonds. The highest BCUT2D eigenvalue weighted by atomic mass is 32.2. The Bertz CT molecular complexity index is 1190. The molecule has 0 saturated carbocycles. The third-order valence-corrected chi connectivity index (χ3v) is 5.59. The minimum atomic E-state index is -3.84. The molecule has 2 N–H and O–H groups in total. The molecular formula is C14H10N4O5S2. The number of fused-ring (bicyclic) bond motifs is 1. The molecule has 25 heavy (non-hydrogen) atoms. The third kappa shape index (κ3) is 3.12. The lowest BCUT2D eigenvalue weighted by Crippen LogP contribution is -2.23. The number of hydrogen-bond donors (Lipinski definition) is 2. The molecule has 3 heterocycles. The van der Waals surface area contributed by atoms with Crippen molar-refractivity contribution < 1.29 is 17.4 Å². The van der Waals surface area contributed by atoms with Gasteiger partial charge in [-0.15, -0.1) is 11.3 Å². The van der Waals surface area contributed by atoms with Gasteiger partial charge in [-0.05, 0) is 23.6 Å². The molecule has 0 saturated heterocycles. The molecule has 11 heteroatoms. The van der Waals surface area contributed by atoms with E-state index in [2.05, 4.69) is 19.8 Å². The molecule has 0 aliphatic carbocycles. The first-order valence-electron chi connectivity index (χ1n) is 7.00. The van der Waals surface area contributed by atoms with Crippen LogP contribution in [0.2, 0.25) is 0 Å². The highest BCUT2D eigenvalue weighted by molar-refractivity contribution is 7.89. The average Bonchev–Trinajstić information content (AvgIpc) is 3.31. The molecule has 0 radical (unpaired) electrons. The quantitative estimate of drug-likeness (QED) is 0.540. The van der Waals surface area contributed by atoms with Gasteiger partial charge in [0.05, 0.1) is 21.8 Å². The van der Waals surface area contributed by atoms with E-state index in [0.717, 1.165) is 4.88 Å². The Hall–Kier alpha value is -2.76. The van der Waals surface area contributed by atoms with Crippen LogP contribution in [-0.2, 0) is 16.6 Å². The van der Waals surface area contributed by atoms with Crippen LogP contribution < -0.4 is 10.5 Å². The lowest BCUT2D eigenvalue weighted by atomic mass is 10.3. The number of hydrogen-bond acceptors (Lipinski definition) is 8. The Balaban J connectivity index is 1.53. The summed E-state index contributed by atoms with van der Waals surface area (Å²) in [5.74, 6) is -0.106. The number of oxazole rings is 1. The van der Waals surface area contributed by atoms with Crippen molar-refractivity contribution in [1.29, 1.82) is 0 Å². The molecule has 0 atom stereocenters. The minimum Gasteiger partial charge on any atom is -0.408 e. The Morgan fingerprint density at radius 1 is 1.28 bits per heavy atom. The van der Waals surface area contributed by atoms with Gasteiger partial charge in [0.2, 0.25) is 21.7 Å². The molecule has 9 nitrogen and oxygen atoms in total. The zero-order valence-corrected chi connectivity index (χ0v) is 14.1.